The van der Waals surface area contributed by atoms with Crippen LogP contribution in [0.2, 0.25) is 0 Å². The molecule has 0 unspecified atom stereocenters. The molecule has 1 aromatic carbocycles. The summed E-state index contributed by atoms with van der Waals surface area (Å²) in [5.74, 6) is 1.56. The Morgan fingerprint density at radius 3 is 3.00 bits per heavy atom. The van der Waals surface area contributed by atoms with Crippen LogP contribution in [-0.4, -0.2) is 33.7 Å². The van der Waals surface area contributed by atoms with E-state index < -0.39 is 0 Å². The number of carbonyl (C=O) groups excluding carboxylic acids is 1. The van der Waals surface area contributed by atoms with Gasteiger partial charge in [0.2, 0.25) is 0 Å². The fourth-order valence-electron chi connectivity index (χ4n) is 1.77. The number of hydrogen-bond donors (Lipinski definition) is 2. The molecule has 0 bridgehead atoms. The fraction of sp³-hybridized carbons (Fsp3) is 0.200. The van der Waals surface area contributed by atoms with E-state index in [-0.39, 0.29) is 5.91 Å². The lowest BCUT2D eigenvalue weighted by Crippen LogP contribution is -2.26. The first-order valence-corrected chi connectivity index (χ1v) is 7.75. The summed E-state index contributed by atoms with van der Waals surface area (Å²) in [7, 11) is 0. The van der Waals surface area contributed by atoms with Crippen molar-refractivity contribution in [2.24, 2.45) is 0 Å². The highest BCUT2D eigenvalue weighted by Gasteiger charge is 2.10. The highest BCUT2D eigenvalue weighted by atomic mass is 32.2. The van der Waals surface area contributed by atoms with Gasteiger partial charge in [-0.25, -0.2) is 4.68 Å². The molecule has 1 amide bonds. The van der Waals surface area contributed by atoms with Crippen LogP contribution in [0.3, 0.4) is 0 Å². The number of nitrogens with one attached hydrogen (secondary N) is 1. The predicted molar refractivity (Wildman–Crippen MR) is 87.8 cm³/mol. The molecule has 3 N–H and O–H groups in total. The van der Waals surface area contributed by atoms with Gasteiger partial charge in [-0.3, -0.25) is 4.79 Å². The van der Waals surface area contributed by atoms with Crippen LogP contribution < -0.4 is 11.1 Å². The number of amides is 1. The Labute approximate surface area is 128 Å². The van der Waals surface area contributed by atoms with E-state index in [0.717, 1.165) is 17.2 Å². The van der Waals surface area contributed by atoms with Crippen LogP contribution in [0.1, 0.15) is 10.5 Å². The van der Waals surface area contributed by atoms with Gasteiger partial charge in [-0.1, -0.05) is 18.2 Å². The molecule has 5 nitrogen and oxygen atoms in total. The smallest absolute Gasteiger partial charge is 0.271 e. The quantitative estimate of drug-likeness (QED) is 0.467. The normalized spacial score (nSPS) is 10.3. The van der Waals surface area contributed by atoms with E-state index in [1.807, 2.05) is 24.3 Å². The van der Waals surface area contributed by atoms with E-state index in [0.29, 0.717) is 17.9 Å². The number of aromatic nitrogens is 2. The summed E-state index contributed by atoms with van der Waals surface area (Å²) in [5, 5.41) is 7.09. The summed E-state index contributed by atoms with van der Waals surface area (Å²) in [4.78, 5) is 12.0. The maximum Gasteiger partial charge on any atom is 0.271 e. The molecule has 2 rings (SSSR count). The first kappa shape index (κ1) is 15.2. The molecule has 0 aliphatic rings. The van der Waals surface area contributed by atoms with Gasteiger partial charge in [0.05, 0.1) is 11.4 Å². The molecule has 0 fully saturated rings. The summed E-state index contributed by atoms with van der Waals surface area (Å²) in [6.45, 7) is 4.26. The standard InChI is InChI=1S/C15H18N4OS/c1-2-10-21-11-8-17-15(20)13-7-9-19(18-13)14-6-4-3-5-12(14)16/h2-7,9H,1,8,10-11,16H2,(H,17,20). The largest absolute Gasteiger partial charge is 0.397 e. The Morgan fingerprint density at radius 1 is 1.43 bits per heavy atom. The van der Waals surface area contributed by atoms with Gasteiger partial charge in [-0.2, -0.15) is 16.9 Å². The van der Waals surface area contributed by atoms with Gasteiger partial charge in [-0.15, -0.1) is 6.58 Å². The SMILES string of the molecule is C=CCSCCNC(=O)c1ccn(-c2ccccc2N)n1. The van der Waals surface area contributed by atoms with Crippen LogP contribution in [-0.2, 0) is 0 Å². The Balaban J connectivity index is 1.95. The van der Waals surface area contributed by atoms with Crippen molar-refractivity contribution in [2.45, 2.75) is 0 Å². The molecule has 0 saturated heterocycles. The van der Waals surface area contributed by atoms with Crippen LogP contribution >= 0.6 is 11.8 Å². The molecular weight excluding hydrogens is 284 g/mol. The van der Waals surface area contributed by atoms with Crippen LogP contribution in [0.5, 0.6) is 0 Å². The molecule has 110 valence electrons. The molecule has 1 aromatic heterocycles. The average Bonchev–Trinajstić information content (AvgIpc) is 2.97. The van der Waals surface area contributed by atoms with E-state index in [1.54, 1.807) is 34.8 Å². The van der Waals surface area contributed by atoms with Crippen molar-refractivity contribution in [3.8, 4) is 5.69 Å². The average molecular weight is 302 g/mol. The highest BCUT2D eigenvalue weighted by molar-refractivity contribution is 7.99. The van der Waals surface area contributed by atoms with Gasteiger partial charge in [-0.05, 0) is 18.2 Å². The topological polar surface area (TPSA) is 72.9 Å². The third-order valence-corrected chi connectivity index (χ3v) is 3.74. The van der Waals surface area contributed by atoms with Gasteiger partial charge < -0.3 is 11.1 Å². The number of benzene rings is 1. The number of nitrogens with two attached hydrogens (primary N) is 1. The van der Waals surface area contributed by atoms with Crippen LogP contribution in [0.4, 0.5) is 5.69 Å². The number of carbonyl (C=O) groups is 1. The van der Waals surface area contributed by atoms with E-state index >= 15 is 0 Å². The molecular formula is C15H18N4OS. The number of hydrogen-bond acceptors (Lipinski definition) is 4. The van der Waals surface area contributed by atoms with E-state index in [9.17, 15) is 4.79 Å². The zero-order valence-corrected chi connectivity index (χ0v) is 12.5. The zero-order chi connectivity index (χ0) is 15.1. The van der Waals surface area contributed by atoms with Gasteiger partial charge in [0.1, 0.15) is 0 Å². The molecule has 1 heterocycles. The minimum absolute atomic E-state index is 0.178. The maximum atomic E-state index is 12.0. The van der Waals surface area contributed by atoms with Crippen molar-refractivity contribution in [1.82, 2.24) is 15.1 Å². The lowest BCUT2D eigenvalue weighted by molar-refractivity contribution is 0.0951. The van der Waals surface area contributed by atoms with Gasteiger partial charge in [0, 0.05) is 24.2 Å². The van der Waals surface area contributed by atoms with Gasteiger partial charge in [0.15, 0.2) is 5.69 Å². The lowest BCUT2D eigenvalue weighted by Gasteiger charge is -2.05. The fourth-order valence-corrected chi connectivity index (χ4v) is 2.35. The molecule has 2 aromatic rings. The first-order valence-electron chi connectivity index (χ1n) is 6.59. The first-order chi connectivity index (χ1) is 10.2. The number of nitrogen functional groups attached to an aromatic ring is 1. The molecule has 0 atom stereocenters. The Morgan fingerprint density at radius 2 is 2.24 bits per heavy atom. The maximum absolute atomic E-state index is 12.0. The molecule has 0 spiro atoms. The third kappa shape index (κ3) is 4.13. The Hall–Kier alpha value is -2.21. The molecule has 6 heteroatoms. The summed E-state index contributed by atoms with van der Waals surface area (Å²) in [5.41, 5.74) is 7.65. The number of para-hydroxylation sites is 2. The number of rotatable bonds is 7. The van der Waals surface area contributed by atoms with E-state index in [4.69, 9.17) is 5.73 Å². The second-order valence-corrected chi connectivity index (χ2v) is 5.47. The van der Waals surface area contributed by atoms with Crippen molar-refractivity contribution in [1.29, 1.82) is 0 Å². The zero-order valence-electron chi connectivity index (χ0n) is 11.7. The minimum atomic E-state index is -0.178. The summed E-state index contributed by atoms with van der Waals surface area (Å²) in [6.07, 6.45) is 3.57. The monoisotopic (exact) mass is 302 g/mol. The van der Waals surface area contributed by atoms with Crippen molar-refractivity contribution in [2.75, 3.05) is 23.8 Å². The molecule has 21 heavy (non-hydrogen) atoms. The molecule has 0 radical (unpaired) electrons. The van der Waals surface area contributed by atoms with Gasteiger partial charge >= 0.3 is 0 Å². The molecule has 0 saturated carbocycles. The summed E-state index contributed by atoms with van der Waals surface area (Å²) < 4.78 is 1.61. The van der Waals surface area contributed by atoms with Crippen molar-refractivity contribution < 1.29 is 4.79 Å². The lowest BCUT2D eigenvalue weighted by atomic mass is 10.3. The Kier molecular flexibility index (Phi) is 5.45. The number of nitrogens with zero attached hydrogens (tertiary/aromatic N) is 2. The second kappa shape index (κ2) is 7.54. The molecule has 0 aliphatic carbocycles. The third-order valence-electron chi connectivity index (χ3n) is 2.77. The van der Waals surface area contributed by atoms with Crippen LogP contribution in [0.15, 0.2) is 49.2 Å². The van der Waals surface area contributed by atoms with Crippen molar-refractivity contribution >= 4 is 23.4 Å². The van der Waals surface area contributed by atoms with E-state index in [2.05, 4.69) is 17.0 Å². The van der Waals surface area contributed by atoms with E-state index in [1.165, 1.54) is 0 Å². The van der Waals surface area contributed by atoms with Crippen LogP contribution in [0, 0.1) is 0 Å². The van der Waals surface area contributed by atoms with Crippen molar-refractivity contribution in [3.63, 3.8) is 0 Å². The summed E-state index contributed by atoms with van der Waals surface area (Å²) >= 11 is 1.72. The number of anilines is 1. The predicted octanol–water partition coefficient (Wildman–Crippen LogP) is 2.10. The van der Waals surface area contributed by atoms with Crippen LogP contribution in [0.25, 0.3) is 5.69 Å². The van der Waals surface area contributed by atoms with Crippen molar-refractivity contribution in [3.05, 3.63) is 54.9 Å². The number of thioether (sulfide) groups is 1. The summed E-state index contributed by atoms with van der Waals surface area (Å²) in [6, 6.07) is 9.07. The highest BCUT2D eigenvalue weighted by Crippen LogP contribution is 2.15. The molecule has 0 aliphatic heterocycles. The Bertz CT molecular complexity index is 624. The second-order valence-electron chi connectivity index (χ2n) is 4.32. The van der Waals surface area contributed by atoms with Gasteiger partial charge in [0.25, 0.3) is 5.91 Å². The minimum Gasteiger partial charge on any atom is -0.397 e.